The molecule has 0 amide bonds. The molecule has 0 radical (unpaired) electrons. The number of nitrogens with zero attached hydrogens (tertiary/aromatic N) is 1. The first-order valence-corrected chi connectivity index (χ1v) is 4.86. The van der Waals surface area contributed by atoms with Crippen LogP contribution >= 0.6 is 0 Å². The van der Waals surface area contributed by atoms with E-state index in [0.29, 0.717) is 19.7 Å². The number of hydrogen-bond donors (Lipinski definition) is 1. The van der Waals surface area contributed by atoms with Gasteiger partial charge in [-0.1, -0.05) is 5.92 Å². The highest BCUT2D eigenvalue weighted by Crippen LogP contribution is 2.06. The highest BCUT2D eigenvalue weighted by molar-refractivity contribution is 5.69. The first-order valence-electron chi connectivity index (χ1n) is 4.86. The molecule has 0 bridgehead atoms. The van der Waals surface area contributed by atoms with Gasteiger partial charge < -0.3 is 9.84 Å². The predicted octanol–water partition coefficient (Wildman–Crippen LogP) is 0.821. The van der Waals surface area contributed by atoms with Gasteiger partial charge in [-0.25, -0.2) is 0 Å². The molecule has 0 saturated heterocycles. The SMILES string of the molecule is C#CCN(CCOC(C)(C)C)CC(=O)O. The minimum Gasteiger partial charge on any atom is -0.480 e. The molecule has 4 nitrogen and oxygen atoms in total. The van der Waals surface area contributed by atoms with Crippen molar-refractivity contribution in [1.82, 2.24) is 4.90 Å². The molecule has 0 saturated carbocycles. The second kappa shape index (κ2) is 6.44. The van der Waals surface area contributed by atoms with Gasteiger partial charge in [0.15, 0.2) is 0 Å². The van der Waals surface area contributed by atoms with Crippen LogP contribution < -0.4 is 0 Å². The first kappa shape index (κ1) is 13.9. The van der Waals surface area contributed by atoms with Crippen molar-refractivity contribution in [2.45, 2.75) is 26.4 Å². The Morgan fingerprint density at radius 2 is 2.13 bits per heavy atom. The molecular weight excluding hydrogens is 194 g/mol. The molecule has 0 aromatic carbocycles. The van der Waals surface area contributed by atoms with Crippen LogP contribution in [0.3, 0.4) is 0 Å². The van der Waals surface area contributed by atoms with E-state index in [1.54, 1.807) is 4.90 Å². The maximum absolute atomic E-state index is 10.5. The maximum Gasteiger partial charge on any atom is 0.317 e. The Balaban J connectivity index is 3.87. The topological polar surface area (TPSA) is 49.8 Å². The van der Waals surface area contributed by atoms with Crippen LogP contribution in [0.4, 0.5) is 0 Å². The molecule has 0 aliphatic heterocycles. The third-order valence-electron chi connectivity index (χ3n) is 1.62. The summed E-state index contributed by atoms with van der Waals surface area (Å²) >= 11 is 0. The van der Waals surface area contributed by atoms with Gasteiger partial charge in [-0.2, -0.15) is 0 Å². The summed E-state index contributed by atoms with van der Waals surface area (Å²) in [6.45, 7) is 7.17. The summed E-state index contributed by atoms with van der Waals surface area (Å²) in [5.74, 6) is 1.55. The third-order valence-corrected chi connectivity index (χ3v) is 1.62. The van der Waals surface area contributed by atoms with Crippen molar-refractivity contribution < 1.29 is 14.6 Å². The fraction of sp³-hybridized carbons (Fsp3) is 0.727. The van der Waals surface area contributed by atoms with Crippen LogP contribution in [0.25, 0.3) is 0 Å². The number of rotatable bonds is 6. The predicted molar refractivity (Wildman–Crippen MR) is 58.6 cm³/mol. The molecule has 0 rings (SSSR count). The zero-order chi connectivity index (χ0) is 11.9. The monoisotopic (exact) mass is 213 g/mol. The van der Waals surface area contributed by atoms with Crippen molar-refractivity contribution in [2.75, 3.05) is 26.2 Å². The standard InChI is InChI=1S/C11H19NO3/c1-5-6-12(9-10(13)14)7-8-15-11(2,3)4/h1H,6-9H2,2-4H3,(H,13,14). The van der Waals surface area contributed by atoms with E-state index in [2.05, 4.69) is 5.92 Å². The van der Waals surface area contributed by atoms with Crippen LogP contribution in [-0.2, 0) is 9.53 Å². The third kappa shape index (κ3) is 9.26. The van der Waals surface area contributed by atoms with Gasteiger partial charge in [0, 0.05) is 6.54 Å². The maximum atomic E-state index is 10.5. The van der Waals surface area contributed by atoms with Gasteiger partial charge >= 0.3 is 5.97 Å². The molecule has 86 valence electrons. The normalized spacial score (nSPS) is 11.4. The Labute approximate surface area is 91.2 Å². The molecule has 15 heavy (non-hydrogen) atoms. The number of ether oxygens (including phenoxy) is 1. The van der Waals surface area contributed by atoms with Crippen LogP contribution in [0.2, 0.25) is 0 Å². The van der Waals surface area contributed by atoms with Crippen LogP contribution in [0.1, 0.15) is 20.8 Å². The molecular formula is C11H19NO3. The lowest BCUT2D eigenvalue weighted by molar-refractivity contribution is -0.138. The van der Waals surface area contributed by atoms with Gasteiger partial charge in [0.2, 0.25) is 0 Å². The van der Waals surface area contributed by atoms with Crippen molar-refractivity contribution in [3.8, 4) is 12.3 Å². The van der Waals surface area contributed by atoms with Crippen LogP contribution in [0, 0.1) is 12.3 Å². The molecule has 1 N–H and O–H groups in total. The number of terminal acetylenes is 1. The number of hydrogen-bond acceptors (Lipinski definition) is 3. The minimum absolute atomic E-state index is 0.0439. The smallest absolute Gasteiger partial charge is 0.317 e. The fourth-order valence-corrected chi connectivity index (χ4v) is 1.02. The largest absolute Gasteiger partial charge is 0.480 e. The quantitative estimate of drug-likeness (QED) is 0.664. The molecule has 0 aromatic heterocycles. The first-order chi connectivity index (χ1) is 6.85. The summed E-state index contributed by atoms with van der Waals surface area (Å²) in [6, 6.07) is 0. The summed E-state index contributed by atoms with van der Waals surface area (Å²) in [4.78, 5) is 12.2. The van der Waals surface area contributed by atoms with Crippen molar-refractivity contribution in [2.24, 2.45) is 0 Å². The Bertz CT molecular complexity index is 237. The van der Waals surface area contributed by atoms with Gasteiger partial charge in [0.1, 0.15) is 0 Å². The summed E-state index contributed by atoms with van der Waals surface area (Å²) < 4.78 is 5.48. The second-order valence-electron chi connectivity index (χ2n) is 4.27. The Morgan fingerprint density at radius 3 is 2.53 bits per heavy atom. The van der Waals surface area contributed by atoms with E-state index < -0.39 is 5.97 Å². The Hall–Kier alpha value is -1.05. The molecule has 0 unspecified atom stereocenters. The highest BCUT2D eigenvalue weighted by Gasteiger charge is 2.12. The van der Waals surface area contributed by atoms with E-state index in [-0.39, 0.29) is 12.1 Å². The zero-order valence-electron chi connectivity index (χ0n) is 9.62. The Morgan fingerprint density at radius 1 is 1.53 bits per heavy atom. The fourth-order valence-electron chi connectivity index (χ4n) is 1.02. The lowest BCUT2D eigenvalue weighted by Gasteiger charge is -2.23. The van der Waals surface area contributed by atoms with E-state index >= 15 is 0 Å². The zero-order valence-corrected chi connectivity index (χ0v) is 9.62. The van der Waals surface area contributed by atoms with E-state index in [1.807, 2.05) is 20.8 Å². The summed E-state index contributed by atoms with van der Waals surface area (Å²) in [5.41, 5.74) is -0.203. The number of carboxylic acid groups (broad SMARTS) is 1. The number of aliphatic carboxylic acids is 1. The molecule has 0 atom stereocenters. The molecule has 0 heterocycles. The summed E-state index contributed by atoms with van der Waals surface area (Å²) in [7, 11) is 0. The van der Waals surface area contributed by atoms with Gasteiger partial charge in [0.05, 0.1) is 25.3 Å². The molecule has 0 aromatic rings. The van der Waals surface area contributed by atoms with E-state index in [1.165, 1.54) is 0 Å². The van der Waals surface area contributed by atoms with Crippen LogP contribution in [0.5, 0.6) is 0 Å². The molecule has 0 aliphatic rings. The molecule has 4 heteroatoms. The van der Waals surface area contributed by atoms with Gasteiger partial charge in [-0.3, -0.25) is 9.69 Å². The second-order valence-corrected chi connectivity index (χ2v) is 4.27. The van der Waals surface area contributed by atoms with Crippen molar-refractivity contribution >= 4 is 5.97 Å². The van der Waals surface area contributed by atoms with E-state index in [4.69, 9.17) is 16.3 Å². The van der Waals surface area contributed by atoms with Crippen LogP contribution in [-0.4, -0.2) is 47.8 Å². The lowest BCUT2D eigenvalue weighted by atomic mass is 10.2. The minimum atomic E-state index is -0.874. The van der Waals surface area contributed by atoms with Gasteiger partial charge in [0.25, 0.3) is 0 Å². The van der Waals surface area contributed by atoms with Gasteiger partial charge in [-0.15, -0.1) is 6.42 Å². The van der Waals surface area contributed by atoms with Crippen molar-refractivity contribution in [3.63, 3.8) is 0 Å². The highest BCUT2D eigenvalue weighted by atomic mass is 16.5. The number of carboxylic acids is 1. The van der Waals surface area contributed by atoms with Gasteiger partial charge in [-0.05, 0) is 20.8 Å². The lowest BCUT2D eigenvalue weighted by Crippen LogP contribution is -2.34. The average molecular weight is 213 g/mol. The average Bonchev–Trinajstić information content (AvgIpc) is 2.00. The van der Waals surface area contributed by atoms with Crippen LogP contribution in [0.15, 0.2) is 0 Å². The Kier molecular flexibility index (Phi) is 5.99. The molecule has 0 aliphatic carbocycles. The van der Waals surface area contributed by atoms with Crippen molar-refractivity contribution in [1.29, 1.82) is 0 Å². The summed E-state index contributed by atoms with van der Waals surface area (Å²) in [5, 5.41) is 8.62. The van der Waals surface area contributed by atoms with E-state index in [9.17, 15) is 4.79 Å². The summed E-state index contributed by atoms with van der Waals surface area (Å²) in [6.07, 6.45) is 5.14. The van der Waals surface area contributed by atoms with E-state index in [0.717, 1.165) is 0 Å². The number of carbonyl (C=O) groups is 1. The van der Waals surface area contributed by atoms with Crippen molar-refractivity contribution in [3.05, 3.63) is 0 Å². The molecule has 0 fully saturated rings. The molecule has 0 spiro atoms.